The van der Waals surface area contributed by atoms with Crippen molar-refractivity contribution in [1.29, 1.82) is 0 Å². The van der Waals surface area contributed by atoms with Crippen molar-refractivity contribution >= 4 is 23.4 Å². The number of amides is 2. The Kier molecular flexibility index (Phi) is 3.74. The van der Waals surface area contributed by atoms with E-state index in [-0.39, 0.29) is 12.5 Å². The minimum atomic E-state index is -0.553. The van der Waals surface area contributed by atoms with Gasteiger partial charge in [0.05, 0.1) is 0 Å². The Morgan fingerprint density at radius 1 is 1.30 bits per heavy atom. The summed E-state index contributed by atoms with van der Waals surface area (Å²) in [6.45, 7) is 5.70. The number of benzene rings is 1. The highest BCUT2D eigenvalue weighted by molar-refractivity contribution is 6.04. The van der Waals surface area contributed by atoms with Gasteiger partial charge in [-0.2, -0.15) is 5.10 Å². The third kappa shape index (κ3) is 3.34. The van der Waals surface area contributed by atoms with Gasteiger partial charge in [-0.15, -0.1) is 0 Å². The second-order valence-electron chi connectivity index (χ2n) is 5.53. The van der Waals surface area contributed by atoms with E-state index in [9.17, 15) is 9.59 Å². The van der Waals surface area contributed by atoms with Crippen LogP contribution < -0.4 is 10.7 Å². The third-order valence-corrected chi connectivity index (χ3v) is 2.78. The zero-order valence-corrected chi connectivity index (χ0v) is 11.7. The number of hydrazone groups is 1. The van der Waals surface area contributed by atoms with Crippen LogP contribution in [0.4, 0.5) is 10.5 Å². The smallest absolute Gasteiger partial charge is 0.428 e. The van der Waals surface area contributed by atoms with Crippen LogP contribution in [0.25, 0.3) is 0 Å². The van der Waals surface area contributed by atoms with E-state index >= 15 is 0 Å². The summed E-state index contributed by atoms with van der Waals surface area (Å²) >= 11 is 0. The molecule has 1 aromatic carbocycles. The first-order valence-electron chi connectivity index (χ1n) is 6.27. The number of rotatable bonds is 2. The molecule has 2 rings (SSSR count). The first kappa shape index (κ1) is 14.0. The molecule has 0 fully saturated rings. The molecule has 0 unspecified atom stereocenters. The van der Waals surface area contributed by atoms with Gasteiger partial charge in [0.15, 0.2) is 0 Å². The van der Waals surface area contributed by atoms with Crippen molar-refractivity contribution in [2.45, 2.75) is 20.8 Å². The molecule has 1 aliphatic heterocycles. The highest BCUT2D eigenvalue weighted by Gasteiger charge is 2.21. The van der Waals surface area contributed by atoms with Crippen molar-refractivity contribution in [3.05, 3.63) is 29.8 Å². The standard InChI is InChI=1S/C14H17N3O3/c1-14(2,3)12(18)15-10-6-4-9(5-7-10)11-8-20-13(19)17-16-11/h4-7H,8H2,1-3H3,(H,15,18)(H,17,19). The van der Waals surface area contributed by atoms with E-state index in [2.05, 4.69) is 15.8 Å². The predicted octanol–water partition coefficient (Wildman–Crippen LogP) is 2.12. The van der Waals surface area contributed by atoms with Gasteiger partial charge in [-0.1, -0.05) is 32.9 Å². The molecule has 1 aliphatic rings. The van der Waals surface area contributed by atoms with E-state index in [1.54, 1.807) is 12.1 Å². The second kappa shape index (κ2) is 5.32. The van der Waals surface area contributed by atoms with Crippen molar-refractivity contribution in [3.63, 3.8) is 0 Å². The van der Waals surface area contributed by atoms with E-state index in [4.69, 9.17) is 4.74 Å². The van der Waals surface area contributed by atoms with Crippen LogP contribution >= 0.6 is 0 Å². The van der Waals surface area contributed by atoms with Crippen LogP contribution in [0.2, 0.25) is 0 Å². The Labute approximate surface area is 117 Å². The minimum Gasteiger partial charge on any atom is -0.442 e. The van der Waals surface area contributed by atoms with E-state index in [0.29, 0.717) is 5.71 Å². The van der Waals surface area contributed by atoms with Crippen LogP contribution in [0.1, 0.15) is 26.3 Å². The van der Waals surface area contributed by atoms with Gasteiger partial charge in [0.1, 0.15) is 12.3 Å². The number of hydrogen-bond acceptors (Lipinski definition) is 4. The van der Waals surface area contributed by atoms with Gasteiger partial charge < -0.3 is 10.1 Å². The van der Waals surface area contributed by atoms with Crippen LogP contribution in [-0.4, -0.2) is 24.3 Å². The molecule has 2 amide bonds. The largest absolute Gasteiger partial charge is 0.442 e. The summed E-state index contributed by atoms with van der Waals surface area (Å²) in [6.07, 6.45) is -0.553. The summed E-state index contributed by atoms with van der Waals surface area (Å²) in [5, 5.41) is 6.75. The molecule has 0 aliphatic carbocycles. The van der Waals surface area contributed by atoms with Gasteiger partial charge in [-0.05, 0) is 12.1 Å². The highest BCUT2D eigenvalue weighted by Crippen LogP contribution is 2.18. The lowest BCUT2D eigenvalue weighted by Crippen LogP contribution is -2.30. The van der Waals surface area contributed by atoms with Gasteiger partial charge in [0.2, 0.25) is 5.91 Å². The maximum atomic E-state index is 11.9. The van der Waals surface area contributed by atoms with Crippen molar-refractivity contribution in [3.8, 4) is 0 Å². The Morgan fingerprint density at radius 2 is 1.95 bits per heavy atom. The zero-order valence-electron chi connectivity index (χ0n) is 11.7. The number of ether oxygens (including phenoxy) is 1. The summed E-state index contributed by atoms with van der Waals surface area (Å²) < 4.78 is 4.83. The Balaban J connectivity index is 2.07. The molecule has 106 valence electrons. The maximum Gasteiger partial charge on any atom is 0.428 e. The lowest BCUT2D eigenvalue weighted by Gasteiger charge is -2.18. The predicted molar refractivity (Wildman–Crippen MR) is 75.5 cm³/mol. The monoisotopic (exact) mass is 275 g/mol. The number of cyclic esters (lactones) is 1. The lowest BCUT2D eigenvalue weighted by molar-refractivity contribution is -0.123. The summed E-state index contributed by atoms with van der Waals surface area (Å²) in [6, 6.07) is 7.21. The fraction of sp³-hybridized carbons (Fsp3) is 0.357. The molecule has 1 aromatic rings. The summed E-state index contributed by atoms with van der Waals surface area (Å²) in [7, 11) is 0. The Hall–Kier alpha value is -2.37. The zero-order chi connectivity index (χ0) is 14.8. The number of carbonyl (C=O) groups is 2. The van der Waals surface area contributed by atoms with Crippen LogP contribution in [0.15, 0.2) is 29.4 Å². The molecule has 20 heavy (non-hydrogen) atoms. The SMILES string of the molecule is CC(C)(C)C(=O)Nc1ccc(C2=NNC(=O)OC2)cc1. The number of nitrogens with one attached hydrogen (secondary N) is 2. The molecule has 2 N–H and O–H groups in total. The van der Waals surface area contributed by atoms with E-state index in [1.807, 2.05) is 32.9 Å². The molecule has 0 saturated carbocycles. The topological polar surface area (TPSA) is 79.8 Å². The second-order valence-corrected chi connectivity index (χ2v) is 5.53. The van der Waals surface area contributed by atoms with Crippen LogP contribution in [-0.2, 0) is 9.53 Å². The number of carbonyl (C=O) groups excluding carboxylic acids is 2. The summed E-state index contributed by atoms with van der Waals surface area (Å²) in [4.78, 5) is 22.7. The molecule has 0 bridgehead atoms. The van der Waals surface area contributed by atoms with E-state index in [0.717, 1.165) is 11.3 Å². The fourth-order valence-electron chi connectivity index (χ4n) is 1.52. The quantitative estimate of drug-likeness (QED) is 0.867. The van der Waals surface area contributed by atoms with Crippen LogP contribution in [0.3, 0.4) is 0 Å². The summed E-state index contributed by atoms with van der Waals surface area (Å²) in [5.41, 5.74) is 4.00. The average molecular weight is 275 g/mol. The number of anilines is 1. The molecule has 0 saturated heterocycles. The fourth-order valence-corrected chi connectivity index (χ4v) is 1.52. The van der Waals surface area contributed by atoms with Gasteiger partial charge in [0.25, 0.3) is 0 Å². The van der Waals surface area contributed by atoms with Crippen molar-refractivity contribution < 1.29 is 14.3 Å². The lowest BCUT2D eigenvalue weighted by atomic mass is 9.95. The normalized spacial score (nSPS) is 14.9. The number of nitrogens with zero attached hydrogens (tertiary/aromatic N) is 1. The molecule has 1 heterocycles. The van der Waals surface area contributed by atoms with Gasteiger partial charge in [-0.25, -0.2) is 10.2 Å². The molecule has 0 radical (unpaired) electrons. The molecule has 0 spiro atoms. The molecular formula is C14H17N3O3. The van der Waals surface area contributed by atoms with Gasteiger partial charge in [-0.3, -0.25) is 4.79 Å². The minimum absolute atomic E-state index is 0.0455. The van der Waals surface area contributed by atoms with Crippen LogP contribution in [0.5, 0.6) is 0 Å². The maximum absolute atomic E-state index is 11.9. The molecule has 0 aromatic heterocycles. The summed E-state index contributed by atoms with van der Waals surface area (Å²) in [5.74, 6) is -0.0455. The first-order chi connectivity index (χ1) is 9.36. The van der Waals surface area contributed by atoms with Gasteiger partial charge in [0, 0.05) is 16.7 Å². The van der Waals surface area contributed by atoms with Crippen molar-refractivity contribution in [2.24, 2.45) is 10.5 Å². The van der Waals surface area contributed by atoms with Crippen molar-refractivity contribution in [1.82, 2.24) is 5.43 Å². The molecule has 6 heteroatoms. The number of hydrogen-bond donors (Lipinski definition) is 2. The third-order valence-electron chi connectivity index (χ3n) is 2.78. The van der Waals surface area contributed by atoms with E-state index in [1.165, 1.54) is 0 Å². The van der Waals surface area contributed by atoms with Gasteiger partial charge >= 0.3 is 6.09 Å². The Bertz CT molecular complexity index is 556. The molecular weight excluding hydrogens is 258 g/mol. The highest BCUT2D eigenvalue weighted by atomic mass is 16.6. The average Bonchev–Trinajstić information content (AvgIpc) is 2.39. The van der Waals surface area contributed by atoms with Crippen molar-refractivity contribution in [2.75, 3.05) is 11.9 Å². The molecule has 6 nitrogen and oxygen atoms in total. The first-order valence-corrected chi connectivity index (χ1v) is 6.27. The van der Waals surface area contributed by atoms with E-state index < -0.39 is 11.5 Å². The van der Waals surface area contributed by atoms with Crippen LogP contribution in [0, 0.1) is 5.41 Å². The Morgan fingerprint density at radius 3 is 2.45 bits per heavy atom. The molecule has 0 atom stereocenters.